The number of anilines is 5. The van der Waals surface area contributed by atoms with Crippen molar-refractivity contribution < 1.29 is 32.7 Å². The lowest BCUT2D eigenvalue weighted by atomic mass is 10.0. The van der Waals surface area contributed by atoms with Gasteiger partial charge in [0, 0.05) is 68.5 Å². The van der Waals surface area contributed by atoms with Crippen LogP contribution in [0.15, 0.2) is 71.8 Å². The molecule has 3 aliphatic heterocycles. The molecule has 330 valence electrons. The van der Waals surface area contributed by atoms with Crippen LogP contribution in [-0.4, -0.2) is 103 Å². The van der Waals surface area contributed by atoms with Crippen molar-refractivity contribution in [2.45, 2.75) is 74.9 Å². The largest absolute Gasteiger partial charge is 0.494 e. The molecule has 1 atom stereocenters. The number of amides is 3. The molecule has 1 aromatic heterocycles. The quantitative estimate of drug-likeness (QED) is 0.0362. The predicted octanol–water partition coefficient (Wildman–Crippen LogP) is 7.75. The summed E-state index contributed by atoms with van der Waals surface area (Å²) in [6.45, 7) is 3.36. The molecule has 0 aliphatic carbocycles. The van der Waals surface area contributed by atoms with E-state index in [1.165, 1.54) is 20.4 Å². The zero-order valence-corrected chi connectivity index (χ0v) is 38.0. The van der Waals surface area contributed by atoms with Crippen LogP contribution >= 0.6 is 31.0 Å². The Hall–Kier alpha value is -4.70. The summed E-state index contributed by atoms with van der Waals surface area (Å²) in [6, 6.07) is 18.8. The van der Waals surface area contributed by atoms with Gasteiger partial charge < -0.3 is 39.1 Å². The summed E-state index contributed by atoms with van der Waals surface area (Å²) in [5.41, 5.74) is 3.91. The van der Waals surface area contributed by atoms with E-state index in [-0.39, 0.29) is 29.2 Å². The van der Waals surface area contributed by atoms with Gasteiger partial charge in [0.25, 0.3) is 5.91 Å². The van der Waals surface area contributed by atoms with E-state index in [1.54, 1.807) is 48.0 Å². The van der Waals surface area contributed by atoms with Crippen molar-refractivity contribution >= 4 is 82.8 Å². The number of nitrogens with one attached hydrogen (secondary N) is 3. The second kappa shape index (κ2) is 20.7. The molecule has 18 heteroatoms. The van der Waals surface area contributed by atoms with Gasteiger partial charge in [0.1, 0.15) is 16.8 Å². The van der Waals surface area contributed by atoms with Gasteiger partial charge in [-0.3, -0.25) is 24.3 Å². The predicted molar refractivity (Wildman–Crippen MR) is 244 cm³/mol. The molecule has 0 radical (unpaired) electrons. The lowest BCUT2D eigenvalue weighted by Gasteiger charge is -2.38. The smallest absolute Gasteiger partial charge is 0.362 e. The fourth-order valence-corrected chi connectivity index (χ4v) is 10.7. The fraction of sp³-hybridized carbons (Fsp3) is 0.432. The molecule has 62 heavy (non-hydrogen) atoms. The molecule has 0 bridgehead atoms. The normalized spacial score (nSPS) is 17.1. The topological polar surface area (TPSA) is 168 Å². The first-order chi connectivity index (χ1) is 30.0. The van der Waals surface area contributed by atoms with Gasteiger partial charge in [-0.1, -0.05) is 42.6 Å². The fourth-order valence-electron chi connectivity index (χ4n) is 8.27. The number of piperidine rings is 2. The molecule has 0 spiro atoms. The zero-order chi connectivity index (χ0) is 43.8. The van der Waals surface area contributed by atoms with E-state index >= 15 is 0 Å². The Balaban J connectivity index is 0.839. The van der Waals surface area contributed by atoms with Crippen LogP contribution in [-0.2, 0) is 29.7 Å². The van der Waals surface area contributed by atoms with Gasteiger partial charge in [0.05, 0.1) is 30.0 Å². The number of imide groups is 1. The van der Waals surface area contributed by atoms with Crippen molar-refractivity contribution in [2.24, 2.45) is 0 Å². The van der Waals surface area contributed by atoms with E-state index in [0.717, 1.165) is 80.1 Å². The highest BCUT2D eigenvalue weighted by atomic mass is 35.5. The van der Waals surface area contributed by atoms with Crippen LogP contribution in [0.2, 0.25) is 5.02 Å². The summed E-state index contributed by atoms with van der Waals surface area (Å²) in [7, 11) is 2.99. The van der Waals surface area contributed by atoms with Gasteiger partial charge in [0.15, 0.2) is 5.82 Å². The van der Waals surface area contributed by atoms with Gasteiger partial charge in [-0.05, 0) is 93.4 Å². The van der Waals surface area contributed by atoms with Crippen LogP contribution < -0.4 is 30.9 Å². The molecule has 1 unspecified atom stereocenters. The zero-order valence-electron chi connectivity index (χ0n) is 35.5. The highest BCUT2D eigenvalue weighted by Crippen LogP contribution is 2.47. The minimum Gasteiger partial charge on any atom is -0.494 e. The number of para-hydroxylation sites is 1. The van der Waals surface area contributed by atoms with Crippen LogP contribution in [0, 0.1) is 0 Å². The number of benzene rings is 3. The van der Waals surface area contributed by atoms with Gasteiger partial charge in [-0.25, -0.2) is 4.98 Å². The van der Waals surface area contributed by atoms with Gasteiger partial charge in [-0.15, -0.1) is 11.8 Å². The van der Waals surface area contributed by atoms with Crippen molar-refractivity contribution in [2.75, 3.05) is 69.3 Å². The van der Waals surface area contributed by atoms with Crippen molar-refractivity contribution in [1.82, 2.24) is 25.1 Å². The minimum atomic E-state index is -3.56. The van der Waals surface area contributed by atoms with Crippen LogP contribution in [0.25, 0.3) is 0 Å². The summed E-state index contributed by atoms with van der Waals surface area (Å²) >= 11 is 8.27. The molecular formula is C44H54ClN8O7PS. The second-order valence-electron chi connectivity index (χ2n) is 15.5. The van der Waals surface area contributed by atoms with Crippen molar-refractivity contribution in [1.29, 1.82) is 0 Å². The Morgan fingerprint density at radius 2 is 1.71 bits per heavy atom. The van der Waals surface area contributed by atoms with Crippen LogP contribution in [0.5, 0.6) is 5.75 Å². The van der Waals surface area contributed by atoms with E-state index < -0.39 is 13.6 Å². The van der Waals surface area contributed by atoms with E-state index in [2.05, 4.69) is 54.9 Å². The molecule has 15 nitrogen and oxygen atoms in total. The van der Waals surface area contributed by atoms with Gasteiger partial charge >= 0.3 is 7.60 Å². The highest BCUT2D eigenvalue weighted by Gasteiger charge is 2.40. The summed E-state index contributed by atoms with van der Waals surface area (Å²) < 4.78 is 29.4. The van der Waals surface area contributed by atoms with Crippen LogP contribution in [0.4, 0.5) is 28.8 Å². The number of carbonyl (C=O) groups is 3. The van der Waals surface area contributed by atoms with Gasteiger partial charge in [-0.2, -0.15) is 4.98 Å². The number of aromatic nitrogens is 2. The molecule has 2 saturated heterocycles. The summed E-state index contributed by atoms with van der Waals surface area (Å²) in [5, 5.41) is 9.41. The molecule has 3 aromatic carbocycles. The third-order valence-electron chi connectivity index (χ3n) is 11.8. The van der Waals surface area contributed by atoms with Crippen molar-refractivity contribution in [3.05, 3.63) is 83.0 Å². The molecule has 3 N–H and O–H groups in total. The van der Waals surface area contributed by atoms with Crippen molar-refractivity contribution in [3.8, 4) is 5.75 Å². The lowest BCUT2D eigenvalue weighted by molar-refractivity contribution is -0.136. The maximum Gasteiger partial charge on any atom is 0.362 e. The Labute approximate surface area is 372 Å². The minimum absolute atomic E-state index is 0.128. The van der Waals surface area contributed by atoms with Crippen LogP contribution in [0.1, 0.15) is 67.3 Å². The Morgan fingerprint density at radius 3 is 2.47 bits per heavy atom. The first kappa shape index (κ1) is 45.3. The maximum atomic E-state index is 13.2. The number of rotatable bonds is 19. The molecule has 4 heterocycles. The summed E-state index contributed by atoms with van der Waals surface area (Å²) in [6.07, 6.45) is 8.80. The Kier molecular flexibility index (Phi) is 15.1. The van der Waals surface area contributed by atoms with E-state index in [0.29, 0.717) is 58.8 Å². The SMILES string of the molecule is COc1cc(N2CCC(N(C)CCCCCCSc3cccc4c3CN(C3CCC(=O)NC3=O)C4=O)CC2)ccc1Nc1ncc(Cl)c(Nc2ccccc2P(=O)(OC)OC)n1. The third-order valence-corrected chi connectivity index (χ3v) is 15.2. The first-order valence-corrected chi connectivity index (χ1v) is 23.8. The molecule has 4 aromatic rings. The third kappa shape index (κ3) is 10.4. The number of hydrogen-bond donors (Lipinski definition) is 3. The van der Waals surface area contributed by atoms with E-state index in [9.17, 15) is 18.9 Å². The molecular weight excluding hydrogens is 851 g/mol. The molecule has 3 aliphatic rings. The number of fused-ring (bicyclic) bond motifs is 1. The average Bonchev–Trinajstić information content (AvgIpc) is 3.63. The van der Waals surface area contributed by atoms with E-state index in [4.69, 9.17) is 25.4 Å². The number of halogens is 1. The standard InChI is InChI=1S/C44H54ClN8O7PS/c1-51(22-9-5-6-10-25-62-39-15-11-12-31-32(39)28-53(43(31)56)36-18-19-40(54)49-42(36)55)29-20-23-52(24-21-29)30-16-17-34(37(26-30)58-2)48-44-46-27-33(45)41(50-44)47-35-13-7-8-14-38(35)61(57,59-3)60-4/h7-8,11-17,26-27,29,36H,5-6,9-10,18-25,28H2,1-4H3,(H,49,54,55)(H2,46,47,48,50). The first-order valence-electron chi connectivity index (χ1n) is 20.9. The summed E-state index contributed by atoms with van der Waals surface area (Å²) in [5.74, 6) is 1.44. The van der Waals surface area contributed by atoms with Gasteiger partial charge in [0.2, 0.25) is 17.8 Å². The molecule has 0 saturated carbocycles. The number of nitrogens with zero attached hydrogens (tertiary/aromatic N) is 5. The number of methoxy groups -OCH3 is 1. The number of ether oxygens (including phenoxy) is 1. The lowest BCUT2D eigenvalue weighted by Crippen LogP contribution is -2.52. The molecule has 2 fully saturated rings. The number of unbranched alkanes of at least 4 members (excludes halogenated alkanes) is 3. The van der Waals surface area contributed by atoms with Crippen molar-refractivity contribution in [3.63, 3.8) is 0 Å². The average molecular weight is 905 g/mol. The number of hydrogen-bond acceptors (Lipinski definition) is 14. The second-order valence-corrected chi connectivity index (χ2v) is 19.3. The summed E-state index contributed by atoms with van der Waals surface area (Å²) in [4.78, 5) is 53.9. The maximum absolute atomic E-state index is 13.2. The Bertz CT molecular complexity index is 2310. The van der Waals surface area contributed by atoms with Crippen LogP contribution in [0.3, 0.4) is 0 Å². The van der Waals surface area contributed by atoms with E-state index in [1.807, 2.05) is 24.3 Å². The highest BCUT2D eigenvalue weighted by molar-refractivity contribution is 7.99. The number of carbonyl (C=O) groups excluding carboxylic acids is 3. The molecule has 7 rings (SSSR count). The number of thioether (sulfide) groups is 1. The monoisotopic (exact) mass is 904 g/mol. The molecule has 3 amide bonds. The Morgan fingerprint density at radius 1 is 0.935 bits per heavy atom.